The molecular weight excluding hydrogens is 264 g/mol. The molecule has 21 heavy (non-hydrogen) atoms. The Morgan fingerprint density at radius 1 is 1.38 bits per heavy atom. The van der Waals surface area contributed by atoms with Crippen molar-refractivity contribution in [1.82, 2.24) is 10.5 Å². The zero-order chi connectivity index (χ0) is 14.9. The van der Waals surface area contributed by atoms with Gasteiger partial charge in [0.25, 0.3) is 0 Å². The summed E-state index contributed by atoms with van der Waals surface area (Å²) in [6.45, 7) is 4.80. The van der Waals surface area contributed by atoms with Crippen molar-refractivity contribution >= 4 is 0 Å². The van der Waals surface area contributed by atoms with Crippen LogP contribution in [0.5, 0.6) is 0 Å². The zero-order valence-electron chi connectivity index (χ0n) is 12.6. The van der Waals surface area contributed by atoms with Crippen molar-refractivity contribution in [3.63, 3.8) is 0 Å². The minimum absolute atomic E-state index is 0.107. The Kier molecular flexibility index (Phi) is 3.83. The Bertz CT molecular complexity index is 635. The molecule has 1 unspecified atom stereocenters. The maximum Gasteiger partial charge on any atom is 0.138 e. The van der Waals surface area contributed by atoms with Crippen molar-refractivity contribution in [2.45, 2.75) is 45.2 Å². The van der Waals surface area contributed by atoms with Crippen molar-refractivity contribution < 1.29 is 9.63 Å². The molecule has 0 spiro atoms. The predicted molar refractivity (Wildman–Crippen MR) is 81.0 cm³/mol. The van der Waals surface area contributed by atoms with Gasteiger partial charge in [-0.1, -0.05) is 36.3 Å². The standard InChI is InChI=1S/C17H22N2O2/c1-3-16-14(12(2)21-19-16)10-18-17(11-20)9-8-13-6-4-5-7-15(13)17/h4-7,18,20H,3,8-11H2,1-2H3. The number of benzene rings is 1. The third kappa shape index (κ3) is 2.39. The maximum atomic E-state index is 9.99. The number of aryl methyl sites for hydroxylation is 3. The molecule has 3 rings (SSSR count). The molecule has 1 aliphatic rings. The zero-order valence-corrected chi connectivity index (χ0v) is 12.6. The number of aromatic nitrogens is 1. The van der Waals surface area contributed by atoms with Crippen LogP contribution in [0.15, 0.2) is 28.8 Å². The van der Waals surface area contributed by atoms with E-state index in [0.717, 1.165) is 36.3 Å². The molecule has 112 valence electrons. The summed E-state index contributed by atoms with van der Waals surface area (Å²) in [6.07, 6.45) is 2.79. The third-order valence-corrected chi connectivity index (χ3v) is 4.63. The fourth-order valence-electron chi connectivity index (χ4n) is 3.29. The van der Waals surface area contributed by atoms with E-state index in [0.29, 0.717) is 6.54 Å². The van der Waals surface area contributed by atoms with Gasteiger partial charge in [-0.25, -0.2) is 0 Å². The summed E-state index contributed by atoms with van der Waals surface area (Å²) in [6, 6.07) is 8.37. The quantitative estimate of drug-likeness (QED) is 0.886. The van der Waals surface area contributed by atoms with E-state index in [1.807, 2.05) is 13.0 Å². The Balaban J connectivity index is 1.85. The number of aliphatic hydroxyl groups excluding tert-OH is 1. The molecule has 1 heterocycles. The van der Waals surface area contributed by atoms with E-state index < -0.39 is 0 Å². The van der Waals surface area contributed by atoms with E-state index in [1.54, 1.807) is 0 Å². The second-order valence-electron chi connectivity index (χ2n) is 5.77. The van der Waals surface area contributed by atoms with E-state index in [1.165, 1.54) is 11.1 Å². The van der Waals surface area contributed by atoms with E-state index in [4.69, 9.17) is 4.52 Å². The molecule has 0 saturated carbocycles. The number of nitrogens with one attached hydrogen (secondary N) is 1. The van der Waals surface area contributed by atoms with E-state index >= 15 is 0 Å². The maximum absolute atomic E-state index is 9.99. The van der Waals surface area contributed by atoms with Crippen LogP contribution in [-0.2, 0) is 24.9 Å². The number of hydrogen-bond acceptors (Lipinski definition) is 4. The average molecular weight is 286 g/mol. The van der Waals surface area contributed by atoms with Crippen LogP contribution in [0.4, 0.5) is 0 Å². The molecule has 4 nitrogen and oxygen atoms in total. The van der Waals surface area contributed by atoms with Crippen molar-refractivity contribution in [1.29, 1.82) is 0 Å². The lowest BCUT2D eigenvalue weighted by molar-refractivity contribution is 0.158. The largest absolute Gasteiger partial charge is 0.394 e. The van der Waals surface area contributed by atoms with Gasteiger partial charge in [0.2, 0.25) is 0 Å². The Labute approximate surface area is 125 Å². The molecule has 0 aliphatic heterocycles. The first-order valence-corrected chi connectivity index (χ1v) is 7.58. The van der Waals surface area contributed by atoms with Gasteiger partial charge in [-0.15, -0.1) is 0 Å². The molecule has 0 radical (unpaired) electrons. The van der Waals surface area contributed by atoms with Gasteiger partial charge in [0, 0.05) is 12.1 Å². The van der Waals surface area contributed by atoms with Crippen LogP contribution >= 0.6 is 0 Å². The fourth-order valence-corrected chi connectivity index (χ4v) is 3.29. The lowest BCUT2D eigenvalue weighted by Crippen LogP contribution is -2.43. The number of hydrogen-bond donors (Lipinski definition) is 2. The smallest absolute Gasteiger partial charge is 0.138 e. The summed E-state index contributed by atoms with van der Waals surface area (Å²) in [5.74, 6) is 0.860. The molecule has 1 aromatic carbocycles. The van der Waals surface area contributed by atoms with E-state index in [2.05, 4.69) is 35.6 Å². The third-order valence-electron chi connectivity index (χ3n) is 4.63. The van der Waals surface area contributed by atoms with Gasteiger partial charge in [0.1, 0.15) is 5.76 Å². The first-order valence-electron chi connectivity index (χ1n) is 7.58. The van der Waals surface area contributed by atoms with Gasteiger partial charge >= 0.3 is 0 Å². The molecule has 2 N–H and O–H groups in total. The monoisotopic (exact) mass is 286 g/mol. The van der Waals surface area contributed by atoms with Crippen LogP contribution in [-0.4, -0.2) is 16.9 Å². The minimum atomic E-state index is -0.342. The van der Waals surface area contributed by atoms with Crippen molar-refractivity contribution in [3.05, 3.63) is 52.4 Å². The lowest BCUT2D eigenvalue weighted by atomic mass is 9.92. The van der Waals surface area contributed by atoms with Crippen molar-refractivity contribution in [2.75, 3.05) is 6.61 Å². The normalized spacial score (nSPS) is 20.7. The van der Waals surface area contributed by atoms with Crippen molar-refractivity contribution in [3.8, 4) is 0 Å². The van der Waals surface area contributed by atoms with Gasteiger partial charge in [-0.3, -0.25) is 0 Å². The topological polar surface area (TPSA) is 58.3 Å². The second-order valence-corrected chi connectivity index (χ2v) is 5.77. The predicted octanol–water partition coefficient (Wildman–Crippen LogP) is 2.47. The molecule has 0 bridgehead atoms. The lowest BCUT2D eigenvalue weighted by Gasteiger charge is -2.30. The molecule has 0 fully saturated rings. The number of nitrogens with zero attached hydrogens (tertiary/aromatic N) is 1. The van der Waals surface area contributed by atoms with Gasteiger partial charge in [0.15, 0.2) is 0 Å². The van der Waals surface area contributed by atoms with Crippen LogP contribution in [0.1, 0.15) is 41.5 Å². The SMILES string of the molecule is CCc1noc(C)c1CNC1(CO)CCc2ccccc21. The average Bonchev–Trinajstić information content (AvgIpc) is 3.07. The first-order chi connectivity index (χ1) is 10.2. The van der Waals surface area contributed by atoms with Gasteiger partial charge in [-0.2, -0.15) is 0 Å². The summed E-state index contributed by atoms with van der Waals surface area (Å²) in [5, 5.41) is 17.6. The summed E-state index contributed by atoms with van der Waals surface area (Å²) in [5.41, 5.74) is 4.33. The van der Waals surface area contributed by atoms with Crippen LogP contribution < -0.4 is 5.32 Å². The molecule has 1 aliphatic carbocycles. The van der Waals surface area contributed by atoms with E-state index in [9.17, 15) is 5.11 Å². The molecule has 4 heteroatoms. The highest BCUT2D eigenvalue weighted by Gasteiger charge is 2.37. The van der Waals surface area contributed by atoms with Crippen LogP contribution in [0.2, 0.25) is 0 Å². The first kappa shape index (κ1) is 14.3. The fraction of sp³-hybridized carbons (Fsp3) is 0.471. The Morgan fingerprint density at radius 2 is 2.19 bits per heavy atom. The molecule has 1 atom stereocenters. The van der Waals surface area contributed by atoms with Gasteiger partial charge in [-0.05, 0) is 37.3 Å². The minimum Gasteiger partial charge on any atom is -0.394 e. The van der Waals surface area contributed by atoms with Crippen LogP contribution in [0, 0.1) is 6.92 Å². The number of rotatable bonds is 5. The van der Waals surface area contributed by atoms with Gasteiger partial charge < -0.3 is 14.9 Å². The molecular formula is C17H22N2O2. The second kappa shape index (κ2) is 5.62. The molecule has 0 saturated heterocycles. The molecule has 2 aromatic rings. The summed E-state index contributed by atoms with van der Waals surface area (Å²) >= 11 is 0. The van der Waals surface area contributed by atoms with Crippen LogP contribution in [0.3, 0.4) is 0 Å². The number of fused-ring (bicyclic) bond motifs is 1. The highest BCUT2D eigenvalue weighted by atomic mass is 16.5. The van der Waals surface area contributed by atoms with E-state index in [-0.39, 0.29) is 12.1 Å². The van der Waals surface area contributed by atoms with Crippen molar-refractivity contribution in [2.24, 2.45) is 0 Å². The Hall–Kier alpha value is -1.65. The molecule has 0 amide bonds. The summed E-state index contributed by atoms with van der Waals surface area (Å²) in [7, 11) is 0. The highest BCUT2D eigenvalue weighted by Crippen LogP contribution is 2.36. The number of aliphatic hydroxyl groups is 1. The van der Waals surface area contributed by atoms with Gasteiger partial charge in [0.05, 0.1) is 17.8 Å². The molecule has 1 aromatic heterocycles. The summed E-state index contributed by atoms with van der Waals surface area (Å²) in [4.78, 5) is 0. The summed E-state index contributed by atoms with van der Waals surface area (Å²) < 4.78 is 5.29. The Morgan fingerprint density at radius 3 is 2.95 bits per heavy atom. The highest BCUT2D eigenvalue weighted by molar-refractivity contribution is 5.39. The van der Waals surface area contributed by atoms with Crippen LogP contribution in [0.25, 0.3) is 0 Å².